The summed E-state index contributed by atoms with van der Waals surface area (Å²) in [6.45, 7) is 4.77. The van der Waals surface area contributed by atoms with Crippen LogP contribution in [0, 0.1) is 0 Å². The highest BCUT2D eigenvalue weighted by molar-refractivity contribution is 6.07. The van der Waals surface area contributed by atoms with Crippen molar-refractivity contribution in [3.63, 3.8) is 0 Å². The SMILES string of the molecule is CC(C)n1ncc2c(C(=O)N(C)Cc3ccccc3)c3c(nc21)CCC3. The van der Waals surface area contributed by atoms with E-state index in [0.29, 0.717) is 6.54 Å². The topological polar surface area (TPSA) is 51.0 Å². The molecule has 0 bridgehead atoms. The van der Waals surface area contributed by atoms with E-state index in [0.717, 1.165) is 52.7 Å². The van der Waals surface area contributed by atoms with Crippen LogP contribution < -0.4 is 0 Å². The van der Waals surface area contributed by atoms with Gasteiger partial charge in [0.2, 0.25) is 0 Å². The van der Waals surface area contributed by atoms with Crippen molar-refractivity contribution in [3.8, 4) is 0 Å². The molecule has 5 nitrogen and oxygen atoms in total. The van der Waals surface area contributed by atoms with Crippen LogP contribution in [-0.2, 0) is 19.4 Å². The van der Waals surface area contributed by atoms with E-state index < -0.39 is 0 Å². The second-order valence-corrected chi connectivity index (χ2v) is 7.33. The van der Waals surface area contributed by atoms with Crippen LogP contribution in [0.5, 0.6) is 0 Å². The van der Waals surface area contributed by atoms with Gasteiger partial charge < -0.3 is 4.90 Å². The van der Waals surface area contributed by atoms with E-state index in [2.05, 4.69) is 18.9 Å². The molecule has 0 radical (unpaired) electrons. The maximum atomic E-state index is 13.4. The third-order valence-electron chi connectivity index (χ3n) is 5.08. The number of rotatable bonds is 4. The fourth-order valence-corrected chi connectivity index (χ4v) is 3.80. The average molecular weight is 348 g/mol. The predicted octanol–water partition coefficient (Wildman–Crippen LogP) is 3.77. The first kappa shape index (κ1) is 16.8. The number of hydrogen-bond acceptors (Lipinski definition) is 3. The molecule has 3 aromatic rings. The van der Waals surface area contributed by atoms with Crippen LogP contribution >= 0.6 is 0 Å². The van der Waals surface area contributed by atoms with Crippen LogP contribution in [0.3, 0.4) is 0 Å². The maximum absolute atomic E-state index is 13.4. The first-order chi connectivity index (χ1) is 12.6. The molecule has 1 aliphatic carbocycles. The Kier molecular flexibility index (Phi) is 4.23. The van der Waals surface area contributed by atoms with Crippen LogP contribution in [0.4, 0.5) is 0 Å². The number of aromatic nitrogens is 3. The summed E-state index contributed by atoms with van der Waals surface area (Å²) in [6.07, 6.45) is 4.74. The van der Waals surface area contributed by atoms with Gasteiger partial charge in [0.15, 0.2) is 5.65 Å². The zero-order valence-corrected chi connectivity index (χ0v) is 15.6. The Balaban J connectivity index is 1.78. The second-order valence-electron chi connectivity index (χ2n) is 7.33. The van der Waals surface area contributed by atoms with Crippen LogP contribution in [0.25, 0.3) is 11.0 Å². The van der Waals surface area contributed by atoms with E-state index in [1.54, 1.807) is 4.90 Å². The number of aryl methyl sites for hydroxylation is 1. The molecular formula is C21H24N4O. The summed E-state index contributed by atoms with van der Waals surface area (Å²) in [5, 5.41) is 5.38. The maximum Gasteiger partial charge on any atom is 0.255 e. The summed E-state index contributed by atoms with van der Waals surface area (Å²) in [7, 11) is 1.87. The molecule has 0 unspecified atom stereocenters. The number of carbonyl (C=O) groups excluding carboxylic acids is 1. The molecule has 0 aliphatic heterocycles. The Morgan fingerprint density at radius 2 is 2.00 bits per heavy atom. The van der Waals surface area contributed by atoms with E-state index in [4.69, 9.17) is 4.98 Å². The summed E-state index contributed by atoms with van der Waals surface area (Å²) in [5.41, 5.74) is 4.94. The van der Waals surface area contributed by atoms with Crippen LogP contribution in [0.1, 0.15) is 53.5 Å². The number of amides is 1. The molecule has 0 N–H and O–H groups in total. The van der Waals surface area contributed by atoms with Crippen molar-refractivity contribution in [3.05, 3.63) is 58.9 Å². The van der Waals surface area contributed by atoms with E-state index in [1.165, 1.54) is 0 Å². The molecule has 5 heteroatoms. The molecule has 26 heavy (non-hydrogen) atoms. The molecule has 1 aromatic carbocycles. The minimum atomic E-state index is 0.0581. The molecular weight excluding hydrogens is 324 g/mol. The van der Waals surface area contributed by atoms with Crippen molar-refractivity contribution in [2.45, 2.75) is 45.7 Å². The number of nitrogens with zero attached hydrogens (tertiary/aromatic N) is 4. The zero-order valence-electron chi connectivity index (χ0n) is 15.6. The molecule has 1 aliphatic rings. The summed E-state index contributed by atoms with van der Waals surface area (Å²) < 4.78 is 1.92. The Bertz CT molecular complexity index is 959. The van der Waals surface area contributed by atoms with Crippen molar-refractivity contribution in [1.82, 2.24) is 19.7 Å². The lowest BCUT2D eigenvalue weighted by molar-refractivity contribution is 0.0786. The van der Waals surface area contributed by atoms with Gasteiger partial charge in [-0.2, -0.15) is 5.10 Å². The van der Waals surface area contributed by atoms with Crippen molar-refractivity contribution in [2.75, 3.05) is 7.05 Å². The van der Waals surface area contributed by atoms with Gasteiger partial charge in [0.25, 0.3) is 5.91 Å². The van der Waals surface area contributed by atoms with Crippen molar-refractivity contribution < 1.29 is 4.79 Å². The standard InChI is InChI=1S/C21H24N4O/c1-14(2)25-20-17(12-22-25)19(16-10-7-11-18(16)23-20)21(26)24(3)13-15-8-5-4-6-9-15/h4-6,8-9,12,14H,7,10-11,13H2,1-3H3. The summed E-state index contributed by atoms with van der Waals surface area (Å²) in [6, 6.07) is 10.3. The lowest BCUT2D eigenvalue weighted by Crippen LogP contribution is -2.27. The normalized spacial score (nSPS) is 13.4. The highest BCUT2D eigenvalue weighted by Crippen LogP contribution is 2.31. The van der Waals surface area contributed by atoms with Gasteiger partial charge in [0, 0.05) is 25.3 Å². The van der Waals surface area contributed by atoms with Gasteiger partial charge >= 0.3 is 0 Å². The fraction of sp³-hybridized carbons (Fsp3) is 0.381. The predicted molar refractivity (Wildman–Crippen MR) is 102 cm³/mol. The average Bonchev–Trinajstić information content (AvgIpc) is 3.26. The summed E-state index contributed by atoms with van der Waals surface area (Å²) in [5.74, 6) is 0.0581. The van der Waals surface area contributed by atoms with E-state index in [1.807, 2.05) is 48.3 Å². The number of pyridine rings is 1. The molecule has 0 saturated carbocycles. The lowest BCUT2D eigenvalue weighted by Gasteiger charge is -2.20. The van der Waals surface area contributed by atoms with Gasteiger partial charge in [0.05, 0.1) is 17.1 Å². The van der Waals surface area contributed by atoms with E-state index in [9.17, 15) is 4.79 Å². The van der Waals surface area contributed by atoms with Gasteiger partial charge in [-0.25, -0.2) is 9.67 Å². The fourth-order valence-electron chi connectivity index (χ4n) is 3.80. The van der Waals surface area contributed by atoms with Crippen molar-refractivity contribution in [1.29, 1.82) is 0 Å². The Hall–Kier alpha value is -2.69. The number of carbonyl (C=O) groups is 1. The van der Waals surface area contributed by atoms with Crippen molar-refractivity contribution >= 4 is 16.9 Å². The molecule has 2 aromatic heterocycles. The van der Waals surface area contributed by atoms with Crippen LogP contribution in [-0.4, -0.2) is 32.6 Å². The number of hydrogen-bond donors (Lipinski definition) is 0. The van der Waals surface area contributed by atoms with Gasteiger partial charge in [-0.3, -0.25) is 4.79 Å². The lowest BCUT2D eigenvalue weighted by atomic mass is 10.0. The number of benzene rings is 1. The molecule has 0 atom stereocenters. The Labute approximate surface area is 153 Å². The minimum Gasteiger partial charge on any atom is -0.337 e. The van der Waals surface area contributed by atoms with Gasteiger partial charge in [-0.1, -0.05) is 30.3 Å². The monoisotopic (exact) mass is 348 g/mol. The summed E-state index contributed by atoms with van der Waals surface area (Å²) >= 11 is 0. The minimum absolute atomic E-state index is 0.0581. The van der Waals surface area contributed by atoms with Crippen molar-refractivity contribution in [2.24, 2.45) is 0 Å². The third-order valence-corrected chi connectivity index (χ3v) is 5.08. The Morgan fingerprint density at radius 1 is 1.23 bits per heavy atom. The molecule has 4 rings (SSSR count). The van der Waals surface area contributed by atoms with Crippen LogP contribution in [0.2, 0.25) is 0 Å². The molecule has 0 fully saturated rings. The molecule has 0 spiro atoms. The van der Waals surface area contributed by atoms with Gasteiger partial charge in [0.1, 0.15) is 0 Å². The zero-order chi connectivity index (χ0) is 18.3. The molecule has 2 heterocycles. The van der Waals surface area contributed by atoms with Gasteiger partial charge in [-0.15, -0.1) is 0 Å². The molecule has 134 valence electrons. The Morgan fingerprint density at radius 3 is 2.73 bits per heavy atom. The molecule has 0 saturated heterocycles. The number of fused-ring (bicyclic) bond motifs is 2. The quantitative estimate of drug-likeness (QED) is 0.721. The molecule has 1 amide bonds. The first-order valence-electron chi connectivity index (χ1n) is 9.24. The van der Waals surface area contributed by atoms with Crippen LogP contribution in [0.15, 0.2) is 36.5 Å². The smallest absolute Gasteiger partial charge is 0.255 e. The highest BCUT2D eigenvalue weighted by Gasteiger charge is 2.27. The first-order valence-corrected chi connectivity index (χ1v) is 9.24. The van der Waals surface area contributed by atoms with E-state index >= 15 is 0 Å². The second kappa shape index (κ2) is 6.56. The summed E-state index contributed by atoms with van der Waals surface area (Å²) in [4.78, 5) is 20.0. The third kappa shape index (κ3) is 2.77. The largest absolute Gasteiger partial charge is 0.337 e. The highest BCUT2D eigenvalue weighted by atomic mass is 16.2. The van der Waals surface area contributed by atoms with E-state index in [-0.39, 0.29) is 11.9 Å². The van der Waals surface area contributed by atoms with Gasteiger partial charge in [-0.05, 0) is 44.2 Å².